The Hall–Kier alpha value is -3.10. The van der Waals surface area contributed by atoms with Gasteiger partial charge in [0.2, 0.25) is 0 Å². The minimum atomic E-state index is -0.0396. The van der Waals surface area contributed by atoms with Gasteiger partial charge in [0.15, 0.2) is 11.5 Å². The summed E-state index contributed by atoms with van der Waals surface area (Å²) in [6, 6.07) is 15.6. The number of carbonyl (C=O) groups is 1. The van der Waals surface area contributed by atoms with Crippen LogP contribution >= 0.6 is 24.0 Å². The highest BCUT2D eigenvalue weighted by Gasteiger charge is 2.32. The van der Waals surface area contributed by atoms with Gasteiger partial charge in [-0.15, -0.1) is 0 Å². The molecule has 1 aliphatic heterocycles. The highest BCUT2D eigenvalue weighted by atomic mass is 32.2. The third-order valence-corrected chi connectivity index (χ3v) is 7.19. The van der Waals surface area contributed by atoms with E-state index in [2.05, 4.69) is 6.92 Å². The van der Waals surface area contributed by atoms with Gasteiger partial charge in [-0.05, 0) is 42.8 Å². The van der Waals surface area contributed by atoms with Crippen LogP contribution in [0.1, 0.15) is 38.2 Å². The van der Waals surface area contributed by atoms with Gasteiger partial charge in [-0.1, -0.05) is 68.4 Å². The van der Waals surface area contributed by atoms with Crippen molar-refractivity contribution in [3.8, 4) is 28.4 Å². The zero-order valence-corrected chi connectivity index (χ0v) is 21.8. The van der Waals surface area contributed by atoms with E-state index in [1.54, 1.807) is 19.1 Å². The van der Waals surface area contributed by atoms with Gasteiger partial charge in [0.1, 0.15) is 10.0 Å². The van der Waals surface area contributed by atoms with Crippen molar-refractivity contribution in [2.45, 2.75) is 32.6 Å². The molecule has 0 aliphatic carbocycles. The van der Waals surface area contributed by atoms with Gasteiger partial charge in [0.05, 0.1) is 24.8 Å². The summed E-state index contributed by atoms with van der Waals surface area (Å²) < 4.78 is 13.3. The third-order valence-electron chi connectivity index (χ3n) is 5.82. The van der Waals surface area contributed by atoms with Gasteiger partial charge in [0, 0.05) is 23.9 Å². The molecular formula is C27H29N3O3S2. The maximum absolute atomic E-state index is 13.2. The third kappa shape index (κ3) is 5.60. The average Bonchev–Trinajstić information content (AvgIpc) is 3.42. The summed E-state index contributed by atoms with van der Waals surface area (Å²) in [6.45, 7) is 2.84. The maximum atomic E-state index is 13.2. The van der Waals surface area contributed by atoms with Crippen molar-refractivity contribution in [2.75, 3.05) is 20.8 Å². The number of benzene rings is 2. The van der Waals surface area contributed by atoms with Crippen LogP contribution in [0, 0.1) is 0 Å². The summed E-state index contributed by atoms with van der Waals surface area (Å²) in [5.74, 6) is 1.22. The summed E-state index contributed by atoms with van der Waals surface area (Å²) in [4.78, 5) is 15.5. The van der Waals surface area contributed by atoms with Crippen LogP contribution in [0.5, 0.6) is 11.5 Å². The lowest BCUT2D eigenvalue weighted by molar-refractivity contribution is -0.122. The number of ether oxygens (including phenoxy) is 2. The van der Waals surface area contributed by atoms with E-state index >= 15 is 0 Å². The molecule has 2 aromatic carbocycles. The van der Waals surface area contributed by atoms with Crippen LogP contribution in [-0.4, -0.2) is 45.7 Å². The highest BCUT2D eigenvalue weighted by Crippen LogP contribution is 2.37. The number of rotatable bonds is 10. The van der Waals surface area contributed by atoms with E-state index in [0.29, 0.717) is 27.3 Å². The molecule has 8 heteroatoms. The fraction of sp³-hybridized carbons (Fsp3) is 0.296. The summed E-state index contributed by atoms with van der Waals surface area (Å²) in [5, 5.41) is 4.87. The number of para-hydroxylation sites is 1. The molecule has 1 fully saturated rings. The van der Waals surface area contributed by atoms with Crippen molar-refractivity contribution >= 4 is 40.3 Å². The molecule has 0 bridgehead atoms. The summed E-state index contributed by atoms with van der Waals surface area (Å²) >= 11 is 6.88. The Morgan fingerprint density at radius 1 is 1.03 bits per heavy atom. The average molecular weight is 508 g/mol. The smallest absolute Gasteiger partial charge is 0.266 e. The van der Waals surface area contributed by atoms with Gasteiger partial charge in [-0.3, -0.25) is 9.69 Å². The number of unbranched alkanes of at least 4 members (excludes halogenated alkanes) is 3. The quantitative estimate of drug-likeness (QED) is 0.181. The number of hydrogen-bond donors (Lipinski definition) is 0. The molecule has 1 amide bonds. The van der Waals surface area contributed by atoms with E-state index in [1.165, 1.54) is 11.8 Å². The first kappa shape index (κ1) is 25.0. The van der Waals surface area contributed by atoms with Crippen LogP contribution in [-0.2, 0) is 4.79 Å². The van der Waals surface area contributed by atoms with E-state index in [4.69, 9.17) is 26.8 Å². The van der Waals surface area contributed by atoms with Crippen LogP contribution in [0.2, 0.25) is 0 Å². The van der Waals surface area contributed by atoms with E-state index in [9.17, 15) is 4.79 Å². The lowest BCUT2D eigenvalue weighted by Gasteiger charge is -2.13. The molecule has 0 unspecified atom stereocenters. The van der Waals surface area contributed by atoms with Crippen LogP contribution in [0.15, 0.2) is 59.6 Å². The van der Waals surface area contributed by atoms with Crippen molar-refractivity contribution < 1.29 is 14.3 Å². The Morgan fingerprint density at radius 3 is 2.51 bits per heavy atom. The molecule has 3 aromatic rings. The number of amides is 1. The summed E-state index contributed by atoms with van der Waals surface area (Å²) in [7, 11) is 3.22. The zero-order chi connectivity index (χ0) is 24.8. The molecule has 1 saturated heterocycles. The van der Waals surface area contributed by atoms with Gasteiger partial charge >= 0.3 is 0 Å². The topological polar surface area (TPSA) is 56.6 Å². The molecule has 0 radical (unpaired) electrons. The molecule has 0 atom stereocenters. The molecule has 35 heavy (non-hydrogen) atoms. The number of hydrogen-bond acceptors (Lipinski definition) is 6. The Kier molecular flexibility index (Phi) is 8.25. The van der Waals surface area contributed by atoms with E-state index in [1.807, 2.05) is 65.5 Å². The normalized spacial score (nSPS) is 14.7. The van der Waals surface area contributed by atoms with E-state index in [0.717, 1.165) is 48.2 Å². The largest absolute Gasteiger partial charge is 0.493 e. The lowest BCUT2D eigenvalue weighted by Crippen LogP contribution is -2.29. The number of methoxy groups -OCH3 is 2. The van der Waals surface area contributed by atoms with Crippen molar-refractivity contribution in [1.29, 1.82) is 0 Å². The van der Waals surface area contributed by atoms with Crippen LogP contribution in [0.3, 0.4) is 0 Å². The first-order valence-corrected chi connectivity index (χ1v) is 12.9. The number of aromatic nitrogens is 2. The van der Waals surface area contributed by atoms with E-state index in [-0.39, 0.29) is 5.91 Å². The van der Waals surface area contributed by atoms with Crippen molar-refractivity contribution in [1.82, 2.24) is 14.7 Å². The highest BCUT2D eigenvalue weighted by molar-refractivity contribution is 8.26. The second-order valence-electron chi connectivity index (χ2n) is 8.18. The maximum Gasteiger partial charge on any atom is 0.266 e. The molecule has 0 saturated carbocycles. The minimum Gasteiger partial charge on any atom is -0.493 e. The van der Waals surface area contributed by atoms with Gasteiger partial charge in [0.25, 0.3) is 5.91 Å². The molecule has 1 aromatic heterocycles. The van der Waals surface area contributed by atoms with Crippen LogP contribution in [0.4, 0.5) is 0 Å². The van der Waals surface area contributed by atoms with E-state index < -0.39 is 0 Å². The van der Waals surface area contributed by atoms with Crippen molar-refractivity contribution in [2.24, 2.45) is 0 Å². The first-order valence-electron chi connectivity index (χ1n) is 11.7. The predicted octanol–water partition coefficient (Wildman–Crippen LogP) is 6.34. The van der Waals surface area contributed by atoms with Gasteiger partial charge in [-0.2, -0.15) is 5.10 Å². The van der Waals surface area contributed by atoms with Crippen molar-refractivity contribution in [3.63, 3.8) is 0 Å². The lowest BCUT2D eigenvalue weighted by atomic mass is 10.1. The second kappa shape index (κ2) is 11.6. The summed E-state index contributed by atoms with van der Waals surface area (Å²) in [6.07, 6.45) is 8.20. The molecule has 2 heterocycles. The number of nitrogens with zero attached hydrogens (tertiary/aromatic N) is 3. The van der Waals surface area contributed by atoms with Crippen LogP contribution < -0.4 is 9.47 Å². The second-order valence-corrected chi connectivity index (χ2v) is 9.85. The molecule has 182 valence electrons. The summed E-state index contributed by atoms with van der Waals surface area (Å²) in [5.41, 5.74) is 3.35. The Balaban J connectivity index is 1.71. The van der Waals surface area contributed by atoms with Crippen molar-refractivity contribution in [3.05, 3.63) is 65.2 Å². The first-order chi connectivity index (χ1) is 17.0. The Morgan fingerprint density at radius 2 is 1.80 bits per heavy atom. The zero-order valence-electron chi connectivity index (χ0n) is 20.2. The van der Waals surface area contributed by atoms with Gasteiger partial charge in [-0.25, -0.2) is 4.68 Å². The molecule has 0 spiro atoms. The molecule has 0 N–H and O–H groups in total. The molecule has 1 aliphatic rings. The fourth-order valence-corrected chi connectivity index (χ4v) is 5.24. The molecule has 6 nitrogen and oxygen atoms in total. The minimum absolute atomic E-state index is 0.0396. The Bertz CT molecular complexity index is 1240. The fourth-order valence-electron chi connectivity index (χ4n) is 3.94. The van der Waals surface area contributed by atoms with Gasteiger partial charge < -0.3 is 9.47 Å². The predicted molar refractivity (Wildman–Crippen MR) is 146 cm³/mol. The number of thioether (sulfide) groups is 1. The Labute approximate surface area is 215 Å². The molecule has 4 rings (SSSR count). The monoisotopic (exact) mass is 507 g/mol. The standard InChI is InChI=1S/C27H29N3O3S2/c1-4-5-6-10-15-29-26(31)24(35-27(29)34)17-20-18-30(21-11-8-7-9-12-21)28-25(20)19-13-14-22(32-2)23(16-19)33-3/h7-9,11-14,16-18H,4-6,10,15H2,1-3H3/b24-17-. The molecular weight excluding hydrogens is 478 g/mol. The SMILES string of the molecule is CCCCCCN1C(=O)/C(=C/c2cn(-c3ccccc3)nc2-c2ccc(OC)c(OC)c2)SC1=S. The number of carbonyl (C=O) groups excluding carboxylic acids is 1. The van der Waals surface area contributed by atoms with Crippen LogP contribution in [0.25, 0.3) is 23.0 Å². The number of thiocarbonyl (C=S) groups is 1.